The second kappa shape index (κ2) is 23.0. The number of likely N-dealkylation sites (N-methyl/N-ethyl adjacent to an activating group) is 1. The number of hydrogen-bond donors (Lipinski definition) is 3. The molecule has 14 nitrogen and oxygen atoms in total. The largest absolute Gasteiger partial charge is 0.456 e. The van der Waals surface area contributed by atoms with Crippen molar-refractivity contribution < 1.29 is 53.1 Å². The lowest BCUT2D eigenvalue weighted by atomic mass is 9.80. The van der Waals surface area contributed by atoms with Crippen LogP contribution in [0.2, 0.25) is 0 Å². The Bertz CT molecular complexity index is 2120. The topological polar surface area (TPSA) is 177 Å². The van der Waals surface area contributed by atoms with Crippen LogP contribution in [-0.4, -0.2) is 133 Å². The van der Waals surface area contributed by atoms with Crippen molar-refractivity contribution in [3.63, 3.8) is 0 Å². The molecule has 1 aromatic heterocycles. The van der Waals surface area contributed by atoms with Gasteiger partial charge < -0.3 is 48.7 Å². The summed E-state index contributed by atoms with van der Waals surface area (Å²) in [6.07, 6.45) is 8.53. The molecule has 0 spiro atoms. The maximum atomic E-state index is 14.6. The van der Waals surface area contributed by atoms with Crippen molar-refractivity contribution in [2.75, 3.05) is 39.8 Å². The molecule has 3 fully saturated rings. The van der Waals surface area contributed by atoms with Crippen molar-refractivity contribution in [3.8, 4) is 0 Å². The first-order valence-corrected chi connectivity index (χ1v) is 24.5. The van der Waals surface area contributed by atoms with Crippen LogP contribution in [0, 0.1) is 29.6 Å². The van der Waals surface area contributed by atoms with Gasteiger partial charge >= 0.3 is 5.97 Å². The number of H-pyrrole nitrogens is 1. The number of nitrogens with one attached hydrogen (secondary N) is 1. The number of nitrogens with zero attached hydrogens (tertiary/aromatic N) is 2. The number of Topliss-reactive ketones (excluding diaryl/α,β-unsaturated/α-hetero) is 2. The molecule has 14 unspecified atom stereocenters. The molecule has 67 heavy (non-hydrogen) atoms. The fourth-order valence-electron chi connectivity index (χ4n) is 11.3. The number of aromatic nitrogens is 1. The lowest BCUT2D eigenvalue weighted by Crippen LogP contribution is -2.64. The van der Waals surface area contributed by atoms with Crippen molar-refractivity contribution >= 4 is 40.0 Å². The van der Waals surface area contributed by atoms with Gasteiger partial charge in [-0.05, 0) is 120 Å². The van der Waals surface area contributed by atoms with E-state index in [-0.39, 0.29) is 55.6 Å². The summed E-state index contributed by atoms with van der Waals surface area (Å²) in [4.78, 5) is 64.3. The number of ketones is 2. The number of ether oxygens (including phenoxy) is 5. The molecule has 2 bridgehead atoms. The van der Waals surface area contributed by atoms with Gasteiger partial charge in [0.1, 0.15) is 24.0 Å². The molecular weight excluding hydrogens is 855 g/mol. The number of fused-ring (bicyclic) bond motifs is 4. The van der Waals surface area contributed by atoms with E-state index in [1.807, 2.05) is 26.1 Å². The number of methoxy groups -OCH3 is 3. The summed E-state index contributed by atoms with van der Waals surface area (Å²) in [5, 5.41) is 25.2. The Balaban J connectivity index is 1.32. The summed E-state index contributed by atoms with van der Waals surface area (Å²) in [6, 6.07) is 7.40. The van der Waals surface area contributed by atoms with Crippen LogP contribution in [0.4, 0.5) is 5.69 Å². The molecule has 3 aliphatic heterocycles. The second-order valence-corrected chi connectivity index (χ2v) is 20.1. The molecule has 4 heterocycles. The van der Waals surface area contributed by atoms with Gasteiger partial charge in [0.2, 0.25) is 5.79 Å². The summed E-state index contributed by atoms with van der Waals surface area (Å²) in [6.45, 7) is 13.3. The maximum Gasteiger partial charge on any atom is 0.329 e. The highest BCUT2D eigenvalue weighted by Gasteiger charge is 2.56. The molecule has 370 valence electrons. The average molecular weight is 932 g/mol. The Kier molecular flexibility index (Phi) is 17.9. The van der Waals surface area contributed by atoms with Gasteiger partial charge in [-0.15, -0.1) is 6.58 Å². The van der Waals surface area contributed by atoms with E-state index in [1.54, 1.807) is 27.0 Å². The zero-order valence-electron chi connectivity index (χ0n) is 41.3. The van der Waals surface area contributed by atoms with Crippen molar-refractivity contribution in [1.29, 1.82) is 0 Å². The number of hydrogen-bond acceptors (Lipinski definition) is 12. The number of amides is 1. The fraction of sp³-hybridized carbons (Fsp3) is 0.660. The lowest BCUT2D eigenvalue weighted by molar-refractivity contribution is -0.302. The molecule has 4 aliphatic rings. The van der Waals surface area contributed by atoms with Gasteiger partial charge in [0.15, 0.2) is 0 Å². The molecule has 2 aromatic rings. The Morgan fingerprint density at radius 3 is 2.39 bits per heavy atom. The van der Waals surface area contributed by atoms with Gasteiger partial charge in [-0.1, -0.05) is 44.6 Å². The summed E-state index contributed by atoms with van der Waals surface area (Å²) in [5.74, 6) is -7.64. The van der Waals surface area contributed by atoms with Crippen LogP contribution < -0.4 is 4.90 Å². The zero-order chi connectivity index (χ0) is 48.7. The number of allylic oxidation sites excluding steroid dienone is 4. The number of aliphatic hydroxyl groups excluding tert-OH is 1. The average Bonchev–Trinajstić information content (AvgIpc) is 3.80. The van der Waals surface area contributed by atoms with Crippen LogP contribution in [0.1, 0.15) is 105 Å². The highest BCUT2D eigenvalue weighted by molar-refractivity contribution is 6.39. The van der Waals surface area contributed by atoms with Gasteiger partial charge in [-0.25, -0.2) is 4.79 Å². The lowest BCUT2D eigenvalue weighted by Gasteiger charge is -2.47. The second-order valence-electron chi connectivity index (χ2n) is 20.1. The molecule has 6 rings (SSSR count). The van der Waals surface area contributed by atoms with E-state index in [0.717, 1.165) is 35.0 Å². The number of esters is 1. The van der Waals surface area contributed by atoms with E-state index in [0.29, 0.717) is 44.1 Å². The maximum absolute atomic E-state index is 14.6. The first-order chi connectivity index (χ1) is 31.9. The molecule has 1 amide bonds. The van der Waals surface area contributed by atoms with Gasteiger partial charge in [-0.3, -0.25) is 14.4 Å². The number of aromatic amines is 1. The predicted octanol–water partition coefficient (Wildman–Crippen LogP) is 7.26. The van der Waals surface area contributed by atoms with E-state index in [1.165, 1.54) is 19.1 Å². The smallest absolute Gasteiger partial charge is 0.329 e. The van der Waals surface area contributed by atoms with Crippen molar-refractivity contribution in [1.82, 2.24) is 9.88 Å². The third kappa shape index (κ3) is 11.8. The van der Waals surface area contributed by atoms with E-state index in [9.17, 15) is 29.4 Å². The Morgan fingerprint density at radius 2 is 1.69 bits per heavy atom. The third-order valence-electron chi connectivity index (χ3n) is 15.3. The van der Waals surface area contributed by atoms with Crippen LogP contribution in [0.15, 0.2) is 66.4 Å². The molecule has 1 saturated carbocycles. The van der Waals surface area contributed by atoms with E-state index in [2.05, 4.69) is 60.8 Å². The van der Waals surface area contributed by atoms with E-state index >= 15 is 0 Å². The van der Waals surface area contributed by atoms with Crippen LogP contribution >= 0.6 is 0 Å². The number of piperidine rings is 1. The van der Waals surface area contributed by atoms with Crippen LogP contribution in [-0.2, 0) is 42.9 Å². The quantitative estimate of drug-likeness (QED) is 0.131. The minimum atomic E-state index is -2.51. The van der Waals surface area contributed by atoms with Crippen LogP contribution in [0.3, 0.4) is 0 Å². The molecule has 1 aromatic carbocycles. The number of carbonyl (C=O) groups excluding carboxylic acids is 4. The molecule has 2 saturated heterocycles. The summed E-state index contributed by atoms with van der Waals surface area (Å²) < 4.78 is 30.7. The number of aliphatic hydroxyl groups is 2. The van der Waals surface area contributed by atoms with Crippen molar-refractivity contribution in [2.24, 2.45) is 29.6 Å². The molecule has 14 atom stereocenters. The molecule has 3 N–H and O–H groups in total. The van der Waals surface area contributed by atoms with Gasteiger partial charge in [0.25, 0.3) is 11.7 Å². The summed E-state index contributed by atoms with van der Waals surface area (Å²) in [7, 11) is 6.90. The van der Waals surface area contributed by atoms with E-state index < -0.39 is 77.8 Å². The minimum absolute atomic E-state index is 0.00839. The first kappa shape index (κ1) is 52.2. The Hall–Kier alpha value is -4.18. The molecular formula is C53H77N3O11. The van der Waals surface area contributed by atoms with Crippen LogP contribution in [0.5, 0.6) is 0 Å². The highest BCUT2D eigenvalue weighted by Crippen LogP contribution is 2.40. The summed E-state index contributed by atoms with van der Waals surface area (Å²) >= 11 is 0. The number of carbonyl (C=O) groups is 4. The van der Waals surface area contributed by atoms with Crippen molar-refractivity contribution in [3.05, 3.63) is 66.4 Å². The van der Waals surface area contributed by atoms with Gasteiger partial charge in [0, 0.05) is 81.9 Å². The van der Waals surface area contributed by atoms with Crippen LogP contribution in [0.25, 0.3) is 10.9 Å². The number of benzene rings is 1. The third-order valence-corrected chi connectivity index (χ3v) is 15.3. The SMILES string of the molecule is C=CCC1C=C(C)CC(C)CC(OC)C2OC(O)(C(=O)C(=O)N3CCCCC3C(=O)OC(C(C)=CC3CCC(N(C)c4ccc5[nH]ccc5c4)C(OC)C3)C(C)C(O)CC1=O)C(C)CC2OC. The Labute approximate surface area is 397 Å². The summed E-state index contributed by atoms with van der Waals surface area (Å²) in [5.41, 5.74) is 3.84. The molecule has 14 heteroatoms. The molecule has 1 aliphatic carbocycles. The van der Waals surface area contributed by atoms with Gasteiger partial charge in [-0.2, -0.15) is 0 Å². The monoisotopic (exact) mass is 932 g/mol. The standard InChI is InChI=1S/C53H77N3O11/c1-11-14-38-24-31(2)23-32(3)25-46(64-9)49-47(65-10)27-34(5)53(62,67-49)50(59)51(60)56-22-13-12-15-42(56)52(61)66-48(35(6)43(57)30-44(38)58)33(4)26-36-16-19-41(45(28-36)63-8)55(7)39-17-18-40-37(29-39)20-21-54-40/h11,17-18,20-21,24,26,29,32,34-36,38,41-43,45-49,54,57,62H,1,12-16,19,22-23,25,27-28,30H2,2-10H3. The van der Waals surface area contributed by atoms with E-state index in [4.69, 9.17) is 23.7 Å². The normalized spacial score (nSPS) is 35.9. The van der Waals surface area contributed by atoms with Gasteiger partial charge in [0.05, 0.1) is 30.5 Å². The fourth-order valence-corrected chi connectivity index (χ4v) is 11.3. The molecule has 0 radical (unpaired) electrons. The highest BCUT2D eigenvalue weighted by atomic mass is 16.7. The minimum Gasteiger partial charge on any atom is -0.456 e. The predicted molar refractivity (Wildman–Crippen MR) is 257 cm³/mol. The van der Waals surface area contributed by atoms with Crippen molar-refractivity contribution in [2.45, 2.75) is 160 Å². The number of anilines is 1. The Morgan fingerprint density at radius 1 is 0.970 bits per heavy atom. The first-order valence-electron chi connectivity index (χ1n) is 24.5. The number of rotatable bonds is 9. The zero-order valence-corrected chi connectivity index (χ0v) is 41.3. The number of cyclic esters (lactones) is 1.